The normalized spacial score (nSPS) is 10.0. The maximum absolute atomic E-state index is 11.0. The van der Waals surface area contributed by atoms with E-state index in [1.165, 1.54) is 17.0 Å². The molecule has 0 amide bonds. The topological polar surface area (TPSA) is 59.3 Å². The number of carboxylic acid groups (broad SMARTS) is 1. The molecule has 0 saturated heterocycles. The fraction of sp³-hybridized carbons (Fsp3) is 0.143. The first-order valence-corrected chi connectivity index (χ1v) is 4.03. The van der Waals surface area contributed by atoms with Crippen LogP contribution in [0.1, 0.15) is 0 Å². The van der Waals surface area contributed by atoms with Gasteiger partial charge in [-0.1, -0.05) is 23.2 Å². The molecule has 0 fully saturated rings. The SMILES string of the molecule is O=C(O)Cn1cc(Cl)c(=O)c(Cl)c1. The Morgan fingerprint density at radius 1 is 1.38 bits per heavy atom. The number of aliphatic carboxylic acids is 1. The lowest BCUT2D eigenvalue weighted by Gasteiger charge is -2.03. The molecule has 70 valence electrons. The van der Waals surface area contributed by atoms with E-state index in [4.69, 9.17) is 28.3 Å². The highest BCUT2D eigenvalue weighted by Gasteiger charge is 2.05. The summed E-state index contributed by atoms with van der Waals surface area (Å²) in [5.74, 6) is -1.03. The highest BCUT2D eigenvalue weighted by Crippen LogP contribution is 2.07. The van der Waals surface area contributed by atoms with Gasteiger partial charge in [-0.3, -0.25) is 9.59 Å². The minimum absolute atomic E-state index is 0.0891. The number of carboxylic acids is 1. The number of nitrogens with zero attached hydrogens (tertiary/aromatic N) is 1. The molecule has 0 aliphatic heterocycles. The van der Waals surface area contributed by atoms with Crippen molar-refractivity contribution in [3.63, 3.8) is 0 Å². The van der Waals surface area contributed by atoms with Crippen LogP contribution in [-0.4, -0.2) is 15.6 Å². The Labute approximate surface area is 83.3 Å². The zero-order valence-electron chi connectivity index (χ0n) is 6.33. The number of aromatic nitrogens is 1. The summed E-state index contributed by atoms with van der Waals surface area (Å²) in [6, 6.07) is 0. The number of halogens is 2. The smallest absolute Gasteiger partial charge is 0.323 e. The average Bonchev–Trinajstić information content (AvgIpc) is 1.98. The summed E-state index contributed by atoms with van der Waals surface area (Å²) in [6.45, 7) is -0.278. The fourth-order valence-corrected chi connectivity index (χ4v) is 1.31. The van der Waals surface area contributed by atoms with Crippen molar-refractivity contribution in [1.29, 1.82) is 0 Å². The summed E-state index contributed by atoms with van der Waals surface area (Å²) in [4.78, 5) is 21.3. The number of hydrogen-bond acceptors (Lipinski definition) is 2. The van der Waals surface area contributed by atoms with E-state index in [0.29, 0.717) is 0 Å². The van der Waals surface area contributed by atoms with Gasteiger partial charge in [0.15, 0.2) is 0 Å². The van der Waals surface area contributed by atoms with Gasteiger partial charge in [0, 0.05) is 12.4 Å². The average molecular weight is 222 g/mol. The summed E-state index contributed by atoms with van der Waals surface area (Å²) in [7, 11) is 0. The second-order valence-electron chi connectivity index (χ2n) is 2.35. The Bertz CT molecular complexity index is 373. The van der Waals surface area contributed by atoms with E-state index in [1.54, 1.807) is 0 Å². The summed E-state index contributed by atoms with van der Waals surface area (Å²) in [5.41, 5.74) is -0.495. The van der Waals surface area contributed by atoms with E-state index in [0.717, 1.165) is 0 Å². The van der Waals surface area contributed by atoms with Gasteiger partial charge in [-0.05, 0) is 0 Å². The second kappa shape index (κ2) is 3.81. The zero-order valence-corrected chi connectivity index (χ0v) is 7.84. The molecular weight excluding hydrogens is 217 g/mol. The van der Waals surface area contributed by atoms with Gasteiger partial charge in [-0.2, -0.15) is 0 Å². The van der Waals surface area contributed by atoms with Crippen molar-refractivity contribution in [2.45, 2.75) is 6.54 Å². The van der Waals surface area contributed by atoms with Crippen LogP contribution in [0, 0.1) is 0 Å². The Kier molecular flexibility index (Phi) is 2.95. The molecule has 1 heterocycles. The minimum Gasteiger partial charge on any atom is -0.480 e. The summed E-state index contributed by atoms with van der Waals surface area (Å²) >= 11 is 11.0. The van der Waals surface area contributed by atoms with Crippen LogP contribution >= 0.6 is 23.2 Å². The van der Waals surface area contributed by atoms with E-state index in [-0.39, 0.29) is 16.6 Å². The van der Waals surface area contributed by atoms with Crippen LogP contribution in [0.5, 0.6) is 0 Å². The van der Waals surface area contributed by atoms with Crippen LogP contribution in [0.4, 0.5) is 0 Å². The molecule has 1 rings (SSSR count). The molecule has 0 saturated carbocycles. The van der Waals surface area contributed by atoms with Gasteiger partial charge in [0.2, 0.25) is 5.43 Å². The van der Waals surface area contributed by atoms with Crippen molar-refractivity contribution >= 4 is 29.2 Å². The molecule has 1 aromatic rings. The fourth-order valence-electron chi connectivity index (χ4n) is 0.807. The molecule has 0 aromatic carbocycles. The molecule has 4 nitrogen and oxygen atoms in total. The second-order valence-corrected chi connectivity index (χ2v) is 3.16. The van der Waals surface area contributed by atoms with Crippen LogP contribution in [0.25, 0.3) is 0 Å². The number of hydrogen-bond donors (Lipinski definition) is 1. The lowest BCUT2D eigenvalue weighted by atomic mass is 10.4. The van der Waals surface area contributed by atoms with E-state index < -0.39 is 11.4 Å². The van der Waals surface area contributed by atoms with Crippen LogP contribution < -0.4 is 5.43 Å². The molecule has 13 heavy (non-hydrogen) atoms. The highest BCUT2D eigenvalue weighted by atomic mass is 35.5. The molecule has 0 bridgehead atoms. The Balaban J connectivity index is 3.13. The van der Waals surface area contributed by atoms with E-state index in [9.17, 15) is 9.59 Å². The van der Waals surface area contributed by atoms with E-state index in [2.05, 4.69) is 0 Å². The van der Waals surface area contributed by atoms with E-state index >= 15 is 0 Å². The summed E-state index contributed by atoms with van der Waals surface area (Å²) in [5, 5.41) is 8.25. The lowest BCUT2D eigenvalue weighted by molar-refractivity contribution is -0.137. The van der Waals surface area contributed by atoms with Crippen molar-refractivity contribution < 1.29 is 9.90 Å². The lowest BCUT2D eigenvalue weighted by Crippen LogP contribution is -2.13. The summed E-state index contributed by atoms with van der Waals surface area (Å²) < 4.78 is 1.23. The Morgan fingerprint density at radius 3 is 2.23 bits per heavy atom. The van der Waals surface area contributed by atoms with Gasteiger partial charge >= 0.3 is 5.97 Å². The molecule has 0 spiro atoms. The molecule has 1 N–H and O–H groups in total. The first-order chi connectivity index (χ1) is 6.00. The monoisotopic (exact) mass is 221 g/mol. The maximum atomic E-state index is 11.0. The predicted molar refractivity (Wildman–Crippen MR) is 48.4 cm³/mol. The number of pyridine rings is 1. The van der Waals surface area contributed by atoms with Crippen molar-refractivity contribution in [1.82, 2.24) is 4.57 Å². The third-order valence-corrected chi connectivity index (χ3v) is 1.85. The molecular formula is C7H5Cl2NO3. The van der Waals surface area contributed by atoms with Gasteiger partial charge in [0.1, 0.15) is 16.6 Å². The third kappa shape index (κ3) is 2.47. The number of carbonyl (C=O) groups is 1. The Hall–Kier alpha value is -1.00. The zero-order chi connectivity index (χ0) is 10.0. The van der Waals surface area contributed by atoms with Gasteiger partial charge in [0.25, 0.3) is 0 Å². The maximum Gasteiger partial charge on any atom is 0.323 e. The van der Waals surface area contributed by atoms with Gasteiger partial charge in [-0.15, -0.1) is 0 Å². The van der Waals surface area contributed by atoms with Crippen molar-refractivity contribution in [2.75, 3.05) is 0 Å². The number of rotatable bonds is 2. The Morgan fingerprint density at radius 2 is 1.85 bits per heavy atom. The summed E-state index contributed by atoms with van der Waals surface area (Å²) in [6.07, 6.45) is 2.45. The molecule has 0 radical (unpaired) electrons. The van der Waals surface area contributed by atoms with Gasteiger partial charge < -0.3 is 9.67 Å². The molecule has 0 aliphatic rings. The van der Waals surface area contributed by atoms with Gasteiger partial charge in [-0.25, -0.2) is 0 Å². The highest BCUT2D eigenvalue weighted by molar-refractivity contribution is 6.34. The first kappa shape index (κ1) is 10.1. The van der Waals surface area contributed by atoms with Crippen LogP contribution in [-0.2, 0) is 11.3 Å². The molecule has 1 aromatic heterocycles. The van der Waals surface area contributed by atoms with E-state index in [1.807, 2.05) is 0 Å². The standard InChI is InChI=1S/C7H5Cl2NO3/c8-4-1-10(3-6(11)12)2-5(9)7(4)13/h1-2H,3H2,(H,11,12). The first-order valence-electron chi connectivity index (χ1n) is 3.27. The largest absolute Gasteiger partial charge is 0.480 e. The van der Waals surface area contributed by atoms with Gasteiger partial charge in [0.05, 0.1) is 0 Å². The molecule has 6 heteroatoms. The molecule has 0 unspecified atom stereocenters. The predicted octanol–water partition coefficient (Wildman–Crippen LogP) is 1.24. The van der Waals surface area contributed by atoms with Crippen molar-refractivity contribution in [2.24, 2.45) is 0 Å². The van der Waals surface area contributed by atoms with Crippen LogP contribution in [0.2, 0.25) is 10.0 Å². The van der Waals surface area contributed by atoms with Crippen LogP contribution in [0.15, 0.2) is 17.2 Å². The third-order valence-electron chi connectivity index (χ3n) is 1.31. The quantitative estimate of drug-likeness (QED) is 0.818. The minimum atomic E-state index is -1.03. The van der Waals surface area contributed by atoms with Crippen LogP contribution in [0.3, 0.4) is 0 Å². The van der Waals surface area contributed by atoms with Crippen molar-refractivity contribution in [3.8, 4) is 0 Å². The molecule has 0 aliphatic carbocycles. The van der Waals surface area contributed by atoms with Crippen molar-refractivity contribution in [3.05, 3.63) is 32.7 Å². The molecule has 0 atom stereocenters.